The van der Waals surface area contributed by atoms with E-state index in [4.69, 9.17) is 11.6 Å². The van der Waals surface area contributed by atoms with Gasteiger partial charge in [0.2, 0.25) is 11.8 Å². The maximum atomic E-state index is 14.9. The van der Waals surface area contributed by atoms with Crippen molar-refractivity contribution in [3.05, 3.63) is 69.7 Å². The summed E-state index contributed by atoms with van der Waals surface area (Å²) in [6, 6.07) is 9.56. The molecule has 3 saturated heterocycles. The average Bonchev–Trinajstić information content (AvgIpc) is 3.33. The molecule has 0 spiro atoms. The first-order chi connectivity index (χ1) is 18.9. The third-order valence-electron chi connectivity index (χ3n) is 9.25. The molecule has 0 bridgehead atoms. The van der Waals surface area contributed by atoms with Crippen molar-refractivity contribution < 1.29 is 18.4 Å². The predicted octanol–water partition coefficient (Wildman–Crippen LogP) is 6.17. The SMILES string of the molecule is C[C@@H](C(=O)N1CCC1)c1cc(Cl)ccc1C1CCN(C(=O)C2CN(C(C)(C)C)CC2c2ccc(F)cc2F)CC1. The van der Waals surface area contributed by atoms with E-state index in [1.165, 1.54) is 12.1 Å². The summed E-state index contributed by atoms with van der Waals surface area (Å²) in [5, 5.41) is 0.623. The third-order valence-corrected chi connectivity index (χ3v) is 9.48. The monoisotopic (exact) mass is 571 g/mol. The first-order valence-electron chi connectivity index (χ1n) is 14.5. The Hall–Kier alpha value is -2.51. The lowest BCUT2D eigenvalue weighted by Gasteiger charge is -2.37. The Bertz CT molecular complexity index is 1270. The molecular formula is C32H40ClF2N3O2. The van der Waals surface area contributed by atoms with Crippen LogP contribution >= 0.6 is 11.6 Å². The summed E-state index contributed by atoms with van der Waals surface area (Å²) in [5.41, 5.74) is 2.36. The molecule has 0 aromatic heterocycles. The molecule has 2 aromatic carbocycles. The highest BCUT2D eigenvalue weighted by atomic mass is 35.5. The van der Waals surface area contributed by atoms with Gasteiger partial charge in [-0.05, 0) is 87.8 Å². The standard InChI is InChI=1S/C32H40ClF2N3O2/c1-20(30(39)36-12-5-13-36)26-16-22(33)6-8-24(26)21-10-14-37(15-11-21)31(40)28-19-38(32(2,3)4)18-27(28)25-9-7-23(34)17-29(25)35/h6-9,16-17,20-21,27-28H,5,10-15,18-19H2,1-4H3/t20-,27?,28?/m1/s1. The molecule has 3 aliphatic heterocycles. The summed E-state index contributed by atoms with van der Waals surface area (Å²) in [6.07, 6.45) is 2.63. The van der Waals surface area contributed by atoms with Crippen molar-refractivity contribution >= 4 is 23.4 Å². The van der Waals surface area contributed by atoms with Gasteiger partial charge in [0, 0.05) is 61.8 Å². The van der Waals surface area contributed by atoms with Crippen LogP contribution in [0.5, 0.6) is 0 Å². The van der Waals surface area contributed by atoms with E-state index in [1.54, 1.807) is 0 Å². The van der Waals surface area contributed by atoms with E-state index in [0.717, 1.165) is 49.5 Å². The van der Waals surface area contributed by atoms with Gasteiger partial charge < -0.3 is 9.80 Å². The first-order valence-corrected chi connectivity index (χ1v) is 14.9. The number of amides is 2. The van der Waals surface area contributed by atoms with E-state index >= 15 is 0 Å². The van der Waals surface area contributed by atoms with Gasteiger partial charge in [-0.2, -0.15) is 0 Å². The second kappa shape index (κ2) is 11.4. The minimum Gasteiger partial charge on any atom is -0.342 e. The summed E-state index contributed by atoms with van der Waals surface area (Å²) in [4.78, 5) is 33.0. The van der Waals surface area contributed by atoms with Crippen molar-refractivity contribution in [1.82, 2.24) is 14.7 Å². The Morgan fingerprint density at radius 3 is 2.20 bits per heavy atom. The summed E-state index contributed by atoms with van der Waals surface area (Å²) in [7, 11) is 0. The Kier molecular flexibility index (Phi) is 8.27. The van der Waals surface area contributed by atoms with Crippen LogP contribution in [0.3, 0.4) is 0 Å². The molecule has 2 unspecified atom stereocenters. The first kappa shape index (κ1) is 29.0. The fourth-order valence-electron chi connectivity index (χ4n) is 6.60. The molecule has 5 nitrogen and oxygen atoms in total. The summed E-state index contributed by atoms with van der Waals surface area (Å²) < 4.78 is 28.6. The van der Waals surface area contributed by atoms with Crippen LogP contribution in [-0.2, 0) is 9.59 Å². The zero-order chi connectivity index (χ0) is 28.8. The minimum atomic E-state index is -0.612. The molecule has 3 fully saturated rings. The maximum Gasteiger partial charge on any atom is 0.229 e. The molecule has 0 N–H and O–H groups in total. The molecule has 2 aromatic rings. The molecule has 3 heterocycles. The molecule has 3 atom stereocenters. The van der Waals surface area contributed by atoms with Crippen molar-refractivity contribution in [3.8, 4) is 0 Å². The number of piperidine rings is 1. The molecular weight excluding hydrogens is 532 g/mol. The van der Waals surface area contributed by atoms with Crippen LogP contribution in [0.2, 0.25) is 5.02 Å². The molecule has 40 heavy (non-hydrogen) atoms. The Morgan fingerprint density at radius 1 is 0.925 bits per heavy atom. The van der Waals surface area contributed by atoms with Crippen molar-refractivity contribution in [3.63, 3.8) is 0 Å². The quantitative estimate of drug-likeness (QED) is 0.431. The third kappa shape index (κ3) is 5.78. The van der Waals surface area contributed by atoms with E-state index in [0.29, 0.717) is 36.8 Å². The van der Waals surface area contributed by atoms with Crippen LogP contribution in [0.25, 0.3) is 0 Å². The number of likely N-dealkylation sites (tertiary alicyclic amines) is 3. The van der Waals surface area contributed by atoms with Crippen molar-refractivity contribution in [2.45, 2.75) is 70.3 Å². The van der Waals surface area contributed by atoms with Crippen molar-refractivity contribution in [1.29, 1.82) is 0 Å². The molecule has 0 saturated carbocycles. The fraction of sp³-hybridized carbons (Fsp3) is 0.562. The van der Waals surface area contributed by atoms with Gasteiger partial charge in [-0.15, -0.1) is 0 Å². The molecule has 216 valence electrons. The maximum absolute atomic E-state index is 14.9. The van der Waals surface area contributed by atoms with Gasteiger partial charge in [-0.1, -0.05) is 23.7 Å². The van der Waals surface area contributed by atoms with Crippen LogP contribution in [0, 0.1) is 17.6 Å². The highest BCUT2D eigenvalue weighted by molar-refractivity contribution is 6.30. The zero-order valence-corrected chi connectivity index (χ0v) is 24.7. The zero-order valence-electron chi connectivity index (χ0n) is 23.9. The smallest absolute Gasteiger partial charge is 0.229 e. The molecule has 0 aliphatic carbocycles. The van der Waals surface area contributed by atoms with Gasteiger partial charge in [0.05, 0.1) is 11.8 Å². The number of hydrogen-bond donors (Lipinski definition) is 0. The number of halogens is 3. The van der Waals surface area contributed by atoms with E-state index in [1.807, 2.05) is 34.9 Å². The van der Waals surface area contributed by atoms with E-state index < -0.39 is 17.6 Å². The highest BCUT2D eigenvalue weighted by Gasteiger charge is 2.45. The molecule has 8 heteroatoms. The van der Waals surface area contributed by atoms with Crippen LogP contribution < -0.4 is 0 Å². The second-order valence-corrected chi connectivity index (χ2v) is 13.2. The Labute approximate surface area is 241 Å². The number of rotatable bonds is 5. The van der Waals surface area contributed by atoms with Crippen LogP contribution in [0.4, 0.5) is 8.78 Å². The van der Waals surface area contributed by atoms with E-state index in [9.17, 15) is 18.4 Å². The van der Waals surface area contributed by atoms with Crippen molar-refractivity contribution in [2.24, 2.45) is 5.92 Å². The fourth-order valence-corrected chi connectivity index (χ4v) is 6.78. The summed E-state index contributed by atoms with van der Waals surface area (Å²) in [6.45, 7) is 12.2. The number of benzene rings is 2. The average molecular weight is 572 g/mol. The lowest BCUT2D eigenvalue weighted by molar-refractivity contribution is -0.137. The summed E-state index contributed by atoms with van der Waals surface area (Å²) >= 11 is 6.37. The molecule has 3 aliphatic rings. The van der Waals surface area contributed by atoms with Gasteiger partial charge in [0.15, 0.2) is 0 Å². The van der Waals surface area contributed by atoms with Crippen LogP contribution in [0.1, 0.15) is 81.4 Å². The molecule has 5 rings (SSSR count). The van der Waals surface area contributed by atoms with Crippen molar-refractivity contribution in [2.75, 3.05) is 39.3 Å². The lowest BCUT2D eigenvalue weighted by Crippen LogP contribution is -2.45. The van der Waals surface area contributed by atoms with Crippen LogP contribution in [-0.4, -0.2) is 71.3 Å². The minimum absolute atomic E-state index is 0.0385. The number of hydrogen-bond acceptors (Lipinski definition) is 3. The molecule has 0 radical (unpaired) electrons. The normalized spacial score (nSPS) is 23.3. The predicted molar refractivity (Wildman–Crippen MR) is 154 cm³/mol. The Balaban J connectivity index is 1.32. The lowest BCUT2D eigenvalue weighted by atomic mass is 9.81. The topological polar surface area (TPSA) is 43.9 Å². The van der Waals surface area contributed by atoms with Gasteiger partial charge in [-0.3, -0.25) is 14.5 Å². The Morgan fingerprint density at radius 2 is 1.60 bits per heavy atom. The number of carbonyl (C=O) groups is 2. The summed E-state index contributed by atoms with van der Waals surface area (Å²) in [5.74, 6) is -1.78. The van der Waals surface area contributed by atoms with E-state index in [2.05, 4.69) is 25.7 Å². The van der Waals surface area contributed by atoms with Gasteiger partial charge in [0.25, 0.3) is 0 Å². The van der Waals surface area contributed by atoms with Crippen LogP contribution in [0.15, 0.2) is 36.4 Å². The number of nitrogens with zero attached hydrogens (tertiary/aromatic N) is 3. The van der Waals surface area contributed by atoms with E-state index in [-0.39, 0.29) is 35.1 Å². The highest BCUT2D eigenvalue weighted by Crippen LogP contribution is 2.41. The van der Waals surface area contributed by atoms with Gasteiger partial charge >= 0.3 is 0 Å². The van der Waals surface area contributed by atoms with Gasteiger partial charge in [-0.25, -0.2) is 8.78 Å². The van der Waals surface area contributed by atoms with Gasteiger partial charge in [0.1, 0.15) is 11.6 Å². The molecule has 2 amide bonds. The second-order valence-electron chi connectivity index (χ2n) is 12.7. The number of carbonyl (C=O) groups excluding carboxylic acids is 2. The largest absolute Gasteiger partial charge is 0.342 e.